The van der Waals surface area contributed by atoms with E-state index < -0.39 is 0 Å². The Balaban J connectivity index is 1.55. The molecule has 1 amide bonds. The average Bonchev–Trinajstić information content (AvgIpc) is 3.08. The zero-order chi connectivity index (χ0) is 20.2. The van der Waals surface area contributed by atoms with Crippen molar-refractivity contribution >= 4 is 28.7 Å². The molecule has 3 N–H and O–H groups in total. The maximum Gasteiger partial charge on any atom is 0.271 e. The fourth-order valence-electron chi connectivity index (χ4n) is 3.15. The number of hydrogen-bond donors (Lipinski definition) is 2. The van der Waals surface area contributed by atoms with Gasteiger partial charge in [0.05, 0.1) is 6.21 Å². The van der Waals surface area contributed by atoms with Crippen LogP contribution >= 0.6 is 0 Å². The Morgan fingerprint density at radius 1 is 1.03 bits per heavy atom. The van der Waals surface area contributed by atoms with Crippen LogP contribution in [0.3, 0.4) is 0 Å². The van der Waals surface area contributed by atoms with Crippen molar-refractivity contribution < 1.29 is 9.18 Å². The summed E-state index contributed by atoms with van der Waals surface area (Å²) in [4.78, 5) is 12.2. The van der Waals surface area contributed by atoms with Gasteiger partial charge in [0.2, 0.25) is 0 Å². The number of nitrogen functional groups attached to an aromatic ring is 1. The highest BCUT2D eigenvalue weighted by Crippen LogP contribution is 2.21. The number of fused-ring (bicyclic) bond motifs is 1. The molecule has 0 bridgehead atoms. The van der Waals surface area contributed by atoms with Crippen molar-refractivity contribution in [2.45, 2.75) is 6.54 Å². The van der Waals surface area contributed by atoms with E-state index in [1.807, 2.05) is 30.5 Å². The normalized spacial score (nSPS) is 11.2. The fourth-order valence-corrected chi connectivity index (χ4v) is 3.15. The topological polar surface area (TPSA) is 72.4 Å². The highest BCUT2D eigenvalue weighted by molar-refractivity contribution is 6.00. The lowest BCUT2D eigenvalue weighted by atomic mass is 10.2. The van der Waals surface area contributed by atoms with E-state index in [0.717, 1.165) is 22.0 Å². The zero-order valence-corrected chi connectivity index (χ0v) is 15.5. The lowest BCUT2D eigenvalue weighted by molar-refractivity contribution is 0.0955. The van der Waals surface area contributed by atoms with Crippen LogP contribution in [0.25, 0.3) is 10.9 Å². The van der Waals surface area contributed by atoms with Crippen LogP contribution in [0, 0.1) is 5.82 Å². The molecule has 0 fully saturated rings. The quantitative estimate of drug-likeness (QED) is 0.307. The molecule has 3 aromatic carbocycles. The number of amides is 1. The summed E-state index contributed by atoms with van der Waals surface area (Å²) in [5.74, 6) is -0.563. The van der Waals surface area contributed by atoms with Crippen LogP contribution in [0.15, 0.2) is 84.1 Å². The molecule has 6 heteroatoms. The Hall–Kier alpha value is -3.93. The van der Waals surface area contributed by atoms with Gasteiger partial charge in [-0.25, -0.2) is 9.82 Å². The summed E-state index contributed by atoms with van der Waals surface area (Å²) in [5, 5.41) is 5.12. The maximum absolute atomic E-state index is 13.2. The third-order valence-corrected chi connectivity index (χ3v) is 4.63. The maximum atomic E-state index is 13.2. The first-order valence-electron chi connectivity index (χ1n) is 9.11. The Bertz CT molecular complexity index is 1180. The largest absolute Gasteiger partial charge is 0.399 e. The third kappa shape index (κ3) is 4.16. The fraction of sp³-hybridized carbons (Fsp3) is 0.0435. The monoisotopic (exact) mass is 386 g/mol. The van der Waals surface area contributed by atoms with E-state index in [9.17, 15) is 9.18 Å². The molecule has 0 unspecified atom stereocenters. The first-order valence-corrected chi connectivity index (χ1v) is 9.11. The van der Waals surface area contributed by atoms with E-state index in [-0.39, 0.29) is 11.7 Å². The van der Waals surface area contributed by atoms with Crippen LogP contribution < -0.4 is 11.2 Å². The molecule has 0 spiro atoms. The number of anilines is 1. The van der Waals surface area contributed by atoms with Gasteiger partial charge in [-0.3, -0.25) is 4.79 Å². The molecule has 0 saturated carbocycles. The van der Waals surface area contributed by atoms with E-state index >= 15 is 0 Å². The van der Waals surface area contributed by atoms with E-state index in [1.54, 1.807) is 42.6 Å². The number of nitrogens with zero attached hydrogens (tertiary/aromatic N) is 2. The minimum Gasteiger partial charge on any atom is -0.399 e. The minimum absolute atomic E-state index is 0.254. The number of hydrogen-bond acceptors (Lipinski definition) is 3. The van der Waals surface area contributed by atoms with Gasteiger partial charge < -0.3 is 10.3 Å². The molecule has 0 aliphatic heterocycles. The summed E-state index contributed by atoms with van der Waals surface area (Å²) in [5.41, 5.74) is 12.2. The Morgan fingerprint density at radius 3 is 2.52 bits per heavy atom. The second-order valence-electron chi connectivity index (χ2n) is 6.68. The SMILES string of the molecule is Nc1ccc(C(=O)N/N=C/c2cn(Cc3ccc(F)cc3)c3ccccc23)cc1. The minimum atomic E-state index is -0.309. The molecule has 0 atom stereocenters. The van der Waals surface area contributed by atoms with Crippen LogP contribution in [-0.2, 0) is 6.54 Å². The standard InChI is InChI=1S/C23H19FN4O/c24-19-9-5-16(6-10-19)14-28-15-18(21-3-1-2-4-22(21)28)13-26-27-23(29)17-7-11-20(25)12-8-17/h1-13,15H,14,25H2,(H,27,29)/b26-13+. The summed E-state index contributed by atoms with van der Waals surface area (Å²) in [7, 11) is 0. The van der Waals surface area contributed by atoms with E-state index in [1.165, 1.54) is 12.1 Å². The second kappa shape index (κ2) is 7.98. The molecule has 0 saturated heterocycles. The van der Waals surface area contributed by atoms with Crippen LogP contribution in [0.4, 0.5) is 10.1 Å². The van der Waals surface area contributed by atoms with E-state index in [2.05, 4.69) is 15.1 Å². The summed E-state index contributed by atoms with van der Waals surface area (Å²) >= 11 is 0. The van der Waals surface area contributed by atoms with Gasteiger partial charge in [0.15, 0.2) is 0 Å². The Kier molecular flexibility index (Phi) is 5.07. The molecule has 1 aromatic heterocycles. The predicted molar refractivity (Wildman–Crippen MR) is 113 cm³/mol. The third-order valence-electron chi connectivity index (χ3n) is 4.63. The zero-order valence-electron chi connectivity index (χ0n) is 15.5. The van der Waals surface area contributed by atoms with Crippen molar-refractivity contribution in [2.75, 3.05) is 5.73 Å². The number of carbonyl (C=O) groups is 1. The molecule has 0 radical (unpaired) electrons. The number of nitrogens with one attached hydrogen (secondary N) is 1. The molecule has 29 heavy (non-hydrogen) atoms. The molecule has 4 rings (SSSR count). The van der Waals surface area contributed by atoms with Gasteiger partial charge in [-0.2, -0.15) is 5.10 Å². The number of halogens is 1. The van der Waals surface area contributed by atoms with Gasteiger partial charge in [-0.05, 0) is 48.0 Å². The number of nitrogens with two attached hydrogens (primary N) is 1. The van der Waals surface area contributed by atoms with E-state index in [0.29, 0.717) is 17.8 Å². The van der Waals surface area contributed by atoms with Crippen molar-refractivity contribution in [3.8, 4) is 0 Å². The highest BCUT2D eigenvalue weighted by Gasteiger charge is 2.08. The summed E-state index contributed by atoms with van der Waals surface area (Å²) in [6.45, 7) is 0.604. The number of carbonyl (C=O) groups excluding carboxylic acids is 1. The van der Waals surface area contributed by atoms with Gasteiger partial charge in [-0.1, -0.05) is 30.3 Å². The average molecular weight is 386 g/mol. The van der Waals surface area contributed by atoms with Gasteiger partial charge in [0.1, 0.15) is 5.82 Å². The van der Waals surface area contributed by atoms with Crippen LogP contribution in [-0.4, -0.2) is 16.7 Å². The lowest BCUT2D eigenvalue weighted by Crippen LogP contribution is -2.17. The molecule has 1 heterocycles. The van der Waals surface area contributed by atoms with Gasteiger partial charge in [-0.15, -0.1) is 0 Å². The summed E-state index contributed by atoms with van der Waals surface area (Å²) < 4.78 is 15.2. The van der Waals surface area contributed by atoms with Crippen molar-refractivity contribution in [1.82, 2.24) is 9.99 Å². The number of para-hydroxylation sites is 1. The molecule has 5 nitrogen and oxygen atoms in total. The van der Waals surface area contributed by atoms with Gasteiger partial charge in [0, 0.05) is 40.5 Å². The highest BCUT2D eigenvalue weighted by atomic mass is 19.1. The van der Waals surface area contributed by atoms with Crippen molar-refractivity contribution in [3.05, 3.63) is 102 Å². The van der Waals surface area contributed by atoms with Crippen molar-refractivity contribution in [1.29, 1.82) is 0 Å². The summed E-state index contributed by atoms with van der Waals surface area (Å²) in [6, 6.07) is 21.0. The van der Waals surface area contributed by atoms with Gasteiger partial charge in [0.25, 0.3) is 5.91 Å². The smallest absolute Gasteiger partial charge is 0.271 e. The molecular formula is C23H19FN4O. The predicted octanol–water partition coefficient (Wildman–Crippen LogP) is 4.17. The first-order chi connectivity index (χ1) is 14.1. The number of aromatic nitrogens is 1. The molecule has 4 aromatic rings. The first kappa shape index (κ1) is 18.4. The Labute approximate surface area is 167 Å². The van der Waals surface area contributed by atoms with Crippen molar-refractivity contribution in [2.24, 2.45) is 5.10 Å². The van der Waals surface area contributed by atoms with Crippen LogP contribution in [0.5, 0.6) is 0 Å². The number of benzene rings is 3. The summed E-state index contributed by atoms with van der Waals surface area (Å²) in [6.07, 6.45) is 3.59. The van der Waals surface area contributed by atoms with Crippen LogP contribution in [0.1, 0.15) is 21.5 Å². The van der Waals surface area contributed by atoms with Gasteiger partial charge >= 0.3 is 0 Å². The Morgan fingerprint density at radius 2 is 1.76 bits per heavy atom. The van der Waals surface area contributed by atoms with Crippen molar-refractivity contribution in [3.63, 3.8) is 0 Å². The molecule has 0 aliphatic carbocycles. The van der Waals surface area contributed by atoms with Crippen LogP contribution in [0.2, 0.25) is 0 Å². The molecule has 0 aliphatic rings. The molecule has 144 valence electrons. The lowest BCUT2D eigenvalue weighted by Gasteiger charge is -2.05. The number of hydrazone groups is 1. The molecular weight excluding hydrogens is 367 g/mol. The van der Waals surface area contributed by atoms with E-state index in [4.69, 9.17) is 5.73 Å². The number of rotatable bonds is 5. The second-order valence-corrected chi connectivity index (χ2v) is 6.68.